The average Bonchev–Trinajstić information content (AvgIpc) is 2.64. The Balaban J connectivity index is 2.75. The fourth-order valence-corrected chi connectivity index (χ4v) is 2.20. The molecular formula is C12H24N2O. The summed E-state index contributed by atoms with van der Waals surface area (Å²) < 4.78 is 0. The highest BCUT2D eigenvalue weighted by Crippen LogP contribution is 2.26. The van der Waals surface area contributed by atoms with Crippen LogP contribution in [0.4, 0.5) is 0 Å². The van der Waals surface area contributed by atoms with Gasteiger partial charge in [-0.25, -0.2) is 0 Å². The molecule has 88 valence electrons. The van der Waals surface area contributed by atoms with E-state index in [4.69, 9.17) is 0 Å². The van der Waals surface area contributed by atoms with Gasteiger partial charge in [-0.1, -0.05) is 13.8 Å². The fourth-order valence-electron chi connectivity index (χ4n) is 2.20. The van der Waals surface area contributed by atoms with Crippen LogP contribution in [0.2, 0.25) is 0 Å². The van der Waals surface area contributed by atoms with Crippen LogP contribution in [0.15, 0.2) is 0 Å². The van der Waals surface area contributed by atoms with Gasteiger partial charge in [0.2, 0.25) is 5.91 Å². The molecule has 0 aromatic carbocycles. The molecule has 1 unspecified atom stereocenters. The third-order valence-corrected chi connectivity index (χ3v) is 3.49. The Morgan fingerprint density at radius 3 is 2.53 bits per heavy atom. The number of likely N-dealkylation sites (tertiary alicyclic amines) is 1. The van der Waals surface area contributed by atoms with E-state index in [-0.39, 0.29) is 5.91 Å². The second-order valence-corrected chi connectivity index (χ2v) is 5.33. The van der Waals surface area contributed by atoms with Crippen LogP contribution in [-0.2, 0) is 4.79 Å². The largest absolute Gasteiger partial charge is 0.338 e. The van der Waals surface area contributed by atoms with E-state index in [1.807, 2.05) is 20.9 Å². The highest BCUT2D eigenvalue weighted by atomic mass is 16.2. The fraction of sp³-hybridized carbons (Fsp3) is 0.917. The van der Waals surface area contributed by atoms with E-state index >= 15 is 0 Å². The highest BCUT2D eigenvalue weighted by molar-refractivity contribution is 5.86. The number of carbonyl (C=O) groups excluding carboxylic acids is 1. The van der Waals surface area contributed by atoms with Crippen molar-refractivity contribution in [1.82, 2.24) is 10.2 Å². The summed E-state index contributed by atoms with van der Waals surface area (Å²) in [5.41, 5.74) is -0.433. The highest BCUT2D eigenvalue weighted by Gasteiger charge is 2.37. The van der Waals surface area contributed by atoms with Gasteiger partial charge in [0.15, 0.2) is 0 Å². The molecule has 1 fully saturated rings. The van der Waals surface area contributed by atoms with Gasteiger partial charge in [0.25, 0.3) is 0 Å². The minimum absolute atomic E-state index is 0.237. The summed E-state index contributed by atoms with van der Waals surface area (Å²) in [7, 11) is 1.85. The van der Waals surface area contributed by atoms with E-state index in [0.29, 0.717) is 12.0 Å². The molecule has 0 spiro atoms. The molecule has 15 heavy (non-hydrogen) atoms. The molecule has 3 heteroatoms. The molecule has 1 saturated heterocycles. The van der Waals surface area contributed by atoms with Gasteiger partial charge in [0.05, 0.1) is 5.54 Å². The first kappa shape index (κ1) is 12.5. The van der Waals surface area contributed by atoms with Crippen LogP contribution in [0, 0.1) is 5.92 Å². The summed E-state index contributed by atoms with van der Waals surface area (Å²) in [6.07, 6.45) is 2.30. The second kappa shape index (κ2) is 4.52. The first-order chi connectivity index (χ1) is 6.90. The minimum Gasteiger partial charge on any atom is -0.338 e. The molecular weight excluding hydrogens is 188 g/mol. The van der Waals surface area contributed by atoms with Crippen molar-refractivity contribution in [3.8, 4) is 0 Å². The number of likely N-dealkylation sites (N-methyl/N-ethyl adjacent to an activating group) is 1. The number of carbonyl (C=O) groups is 1. The monoisotopic (exact) mass is 212 g/mol. The molecule has 1 amide bonds. The van der Waals surface area contributed by atoms with Crippen molar-refractivity contribution in [3.05, 3.63) is 0 Å². The predicted molar refractivity (Wildman–Crippen MR) is 62.7 cm³/mol. The number of hydrogen-bond acceptors (Lipinski definition) is 2. The molecule has 1 aliphatic heterocycles. The number of rotatable bonds is 3. The summed E-state index contributed by atoms with van der Waals surface area (Å²) in [5, 5.41) is 3.09. The third kappa shape index (κ3) is 2.51. The number of amides is 1. The van der Waals surface area contributed by atoms with Crippen LogP contribution in [0.5, 0.6) is 0 Å². The predicted octanol–water partition coefficient (Wildman–Crippen LogP) is 1.63. The lowest BCUT2D eigenvalue weighted by Crippen LogP contribution is -2.54. The lowest BCUT2D eigenvalue weighted by molar-refractivity contribution is -0.138. The molecule has 0 aromatic rings. The standard InChI is InChI=1S/C12H24N2O/c1-9(2)10-7-6-8-14(10)11(15)12(3,4)13-5/h9-10,13H,6-8H2,1-5H3. The van der Waals surface area contributed by atoms with Crippen LogP contribution >= 0.6 is 0 Å². The van der Waals surface area contributed by atoms with Gasteiger partial charge < -0.3 is 10.2 Å². The van der Waals surface area contributed by atoms with Crippen LogP contribution in [-0.4, -0.2) is 36.0 Å². The summed E-state index contributed by atoms with van der Waals surface area (Å²) in [6.45, 7) is 9.22. The Kier molecular flexibility index (Phi) is 3.77. The molecule has 0 radical (unpaired) electrons. The Bertz CT molecular complexity index is 236. The Morgan fingerprint density at radius 2 is 2.07 bits per heavy atom. The van der Waals surface area contributed by atoms with Gasteiger partial charge in [0, 0.05) is 12.6 Å². The zero-order valence-corrected chi connectivity index (χ0v) is 10.6. The van der Waals surface area contributed by atoms with Crippen molar-refractivity contribution in [2.75, 3.05) is 13.6 Å². The molecule has 0 aliphatic carbocycles. The summed E-state index contributed by atoms with van der Waals surface area (Å²) in [6, 6.07) is 0.435. The van der Waals surface area contributed by atoms with Gasteiger partial charge in [-0.05, 0) is 39.7 Å². The van der Waals surface area contributed by atoms with Gasteiger partial charge in [-0.3, -0.25) is 4.79 Å². The normalized spacial score (nSPS) is 22.5. The smallest absolute Gasteiger partial charge is 0.242 e. The zero-order valence-electron chi connectivity index (χ0n) is 10.6. The molecule has 0 bridgehead atoms. The van der Waals surface area contributed by atoms with Crippen LogP contribution in [0.1, 0.15) is 40.5 Å². The molecule has 1 atom stereocenters. The first-order valence-corrected chi connectivity index (χ1v) is 5.90. The van der Waals surface area contributed by atoms with Gasteiger partial charge in [-0.2, -0.15) is 0 Å². The van der Waals surface area contributed by atoms with Crippen LogP contribution < -0.4 is 5.32 Å². The van der Waals surface area contributed by atoms with E-state index in [1.165, 1.54) is 0 Å². The van der Waals surface area contributed by atoms with Crippen LogP contribution in [0.25, 0.3) is 0 Å². The number of hydrogen-bond donors (Lipinski definition) is 1. The minimum atomic E-state index is -0.433. The lowest BCUT2D eigenvalue weighted by Gasteiger charge is -2.34. The third-order valence-electron chi connectivity index (χ3n) is 3.49. The Morgan fingerprint density at radius 1 is 1.47 bits per heavy atom. The lowest BCUT2D eigenvalue weighted by atomic mass is 9.98. The van der Waals surface area contributed by atoms with E-state index in [9.17, 15) is 4.79 Å². The quantitative estimate of drug-likeness (QED) is 0.771. The SMILES string of the molecule is CNC(C)(C)C(=O)N1CCCC1C(C)C. The zero-order chi connectivity index (χ0) is 11.6. The molecule has 1 heterocycles. The average molecular weight is 212 g/mol. The summed E-state index contributed by atoms with van der Waals surface area (Å²) >= 11 is 0. The van der Waals surface area contributed by atoms with Crippen molar-refractivity contribution in [1.29, 1.82) is 0 Å². The maximum atomic E-state index is 12.3. The summed E-state index contributed by atoms with van der Waals surface area (Å²) in [4.78, 5) is 14.3. The molecule has 1 rings (SSSR count). The number of nitrogens with one attached hydrogen (secondary N) is 1. The Labute approximate surface area is 93.2 Å². The van der Waals surface area contributed by atoms with Gasteiger partial charge >= 0.3 is 0 Å². The van der Waals surface area contributed by atoms with Crippen molar-refractivity contribution in [2.24, 2.45) is 5.92 Å². The van der Waals surface area contributed by atoms with E-state index in [2.05, 4.69) is 24.1 Å². The van der Waals surface area contributed by atoms with E-state index in [0.717, 1.165) is 19.4 Å². The molecule has 0 saturated carbocycles. The van der Waals surface area contributed by atoms with Crippen molar-refractivity contribution >= 4 is 5.91 Å². The van der Waals surface area contributed by atoms with E-state index in [1.54, 1.807) is 0 Å². The Hall–Kier alpha value is -0.570. The maximum Gasteiger partial charge on any atom is 0.242 e. The molecule has 1 aliphatic rings. The van der Waals surface area contributed by atoms with Gasteiger partial charge in [0.1, 0.15) is 0 Å². The molecule has 0 aromatic heterocycles. The summed E-state index contributed by atoms with van der Waals surface area (Å²) in [5.74, 6) is 0.797. The number of nitrogens with zero attached hydrogens (tertiary/aromatic N) is 1. The van der Waals surface area contributed by atoms with Crippen molar-refractivity contribution in [2.45, 2.75) is 52.1 Å². The topological polar surface area (TPSA) is 32.3 Å². The second-order valence-electron chi connectivity index (χ2n) is 5.33. The van der Waals surface area contributed by atoms with Crippen molar-refractivity contribution < 1.29 is 4.79 Å². The van der Waals surface area contributed by atoms with E-state index < -0.39 is 5.54 Å². The maximum absolute atomic E-state index is 12.3. The molecule has 1 N–H and O–H groups in total. The van der Waals surface area contributed by atoms with Gasteiger partial charge in [-0.15, -0.1) is 0 Å². The molecule has 3 nitrogen and oxygen atoms in total. The van der Waals surface area contributed by atoms with Crippen LogP contribution in [0.3, 0.4) is 0 Å². The van der Waals surface area contributed by atoms with Crippen molar-refractivity contribution in [3.63, 3.8) is 0 Å². The first-order valence-electron chi connectivity index (χ1n) is 5.90.